The highest BCUT2D eigenvalue weighted by Gasteiger charge is 2.25. The normalized spacial score (nSPS) is 15.9. The topological polar surface area (TPSA) is 69.7 Å². The Morgan fingerprint density at radius 1 is 1.03 bits per heavy atom. The number of sulfonamides is 1. The van der Waals surface area contributed by atoms with E-state index in [1.54, 1.807) is 24.3 Å². The summed E-state index contributed by atoms with van der Waals surface area (Å²) in [4.78, 5) is 15.3. The van der Waals surface area contributed by atoms with Gasteiger partial charge in [0.1, 0.15) is 0 Å². The van der Waals surface area contributed by atoms with E-state index >= 15 is 0 Å². The Balaban J connectivity index is 1.52. The highest BCUT2D eigenvalue weighted by molar-refractivity contribution is 7.89. The van der Waals surface area contributed by atoms with E-state index in [0.717, 1.165) is 37.5 Å². The van der Waals surface area contributed by atoms with Crippen LogP contribution >= 0.6 is 11.6 Å². The van der Waals surface area contributed by atoms with Crippen molar-refractivity contribution >= 4 is 33.2 Å². The first kappa shape index (κ1) is 23.7. The van der Waals surface area contributed by atoms with Crippen molar-refractivity contribution in [2.24, 2.45) is 5.92 Å². The lowest BCUT2D eigenvalue weighted by Crippen LogP contribution is -2.37. The fourth-order valence-corrected chi connectivity index (χ4v) is 5.45. The van der Waals surface area contributed by atoms with Crippen LogP contribution in [0.1, 0.15) is 32.3 Å². The van der Waals surface area contributed by atoms with Gasteiger partial charge in [-0.2, -0.15) is 4.31 Å². The molecule has 8 heteroatoms. The van der Waals surface area contributed by atoms with E-state index in [2.05, 4.69) is 10.2 Å². The number of nitrogens with zero attached hydrogens (tertiary/aromatic N) is 2. The van der Waals surface area contributed by atoms with Crippen LogP contribution < -0.4 is 5.32 Å². The van der Waals surface area contributed by atoms with Crippen LogP contribution in [-0.4, -0.2) is 49.7 Å². The standard InChI is InChI=1S/C23H30ClN3O3S/c1-3-27(4-2)31(29,30)22-11-9-21(10-12-22)25-23(28)19-13-15-26(16-14-19)17-18-5-7-20(24)8-6-18/h5-12,19H,3-4,13-17H2,1-2H3,(H,25,28). The number of hydrogen-bond acceptors (Lipinski definition) is 4. The van der Waals surface area contributed by atoms with Gasteiger partial charge < -0.3 is 5.32 Å². The van der Waals surface area contributed by atoms with Crippen LogP contribution in [0.2, 0.25) is 5.02 Å². The molecule has 1 aliphatic rings. The molecule has 1 amide bonds. The minimum absolute atomic E-state index is 0.00880. The summed E-state index contributed by atoms with van der Waals surface area (Å²) < 4.78 is 26.6. The minimum atomic E-state index is -3.49. The molecule has 0 unspecified atom stereocenters. The second-order valence-electron chi connectivity index (χ2n) is 7.78. The molecule has 1 aliphatic heterocycles. The van der Waals surface area contributed by atoms with Gasteiger partial charge in [0.25, 0.3) is 0 Å². The van der Waals surface area contributed by atoms with Gasteiger partial charge in [0.15, 0.2) is 0 Å². The summed E-state index contributed by atoms with van der Waals surface area (Å²) in [6, 6.07) is 14.3. The van der Waals surface area contributed by atoms with Gasteiger partial charge in [-0.3, -0.25) is 9.69 Å². The lowest BCUT2D eigenvalue weighted by Gasteiger charge is -2.31. The van der Waals surface area contributed by atoms with Gasteiger partial charge in [0.05, 0.1) is 4.90 Å². The first-order valence-electron chi connectivity index (χ1n) is 10.7. The molecular formula is C23H30ClN3O3S. The van der Waals surface area contributed by atoms with Crippen LogP contribution in [0, 0.1) is 5.92 Å². The maximum Gasteiger partial charge on any atom is 0.243 e. The fourth-order valence-electron chi connectivity index (χ4n) is 3.87. The minimum Gasteiger partial charge on any atom is -0.326 e. The van der Waals surface area contributed by atoms with Gasteiger partial charge in [-0.15, -0.1) is 0 Å². The third-order valence-electron chi connectivity index (χ3n) is 5.74. The summed E-state index contributed by atoms with van der Waals surface area (Å²) in [7, 11) is -3.49. The molecule has 168 valence electrons. The highest BCUT2D eigenvalue weighted by Crippen LogP contribution is 2.23. The Kier molecular flexibility index (Phi) is 8.11. The Bertz CT molecular complexity index is 966. The van der Waals surface area contributed by atoms with E-state index in [1.807, 2.05) is 38.1 Å². The van der Waals surface area contributed by atoms with Crippen LogP contribution in [0.25, 0.3) is 0 Å². The largest absolute Gasteiger partial charge is 0.326 e. The van der Waals surface area contributed by atoms with Gasteiger partial charge in [0, 0.05) is 36.3 Å². The number of carbonyl (C=O) groups is 1. The molecule has 0 saturated carbocycles. The van der Waals surface area contributed by atoms with Crippen LogP contribution in [0.3, 0.4) is 0 Å². The van der Waals surface area contributed by atoms with Crippen LogP contribution in [0.4, 0.5) is 5.69 Å². The number of piperidine rings is 1. The van der Waals surface area contributed by atoms with Gasteiger partial charge in [-0.05, 0) is 67.9 Å². The van der Waals surface area contributed by atoms with E-state index in [1.165, 1.54) is 9.87 Å². The summed E-state index contributed by atoms with van der Waals surface area (Å²) in [6.07, 6.45) is 1.60. The number of halogens is 1. The molecule has 2 aromatic carbocycles. The Morgan fingerprint density at radius 3 is 2.16 bits per heavy atom. The predicted molar refractivity (Wildman–Crippen MR) is 125 cm³/mol. The number of rotatable bonds is 8. The molecule has 1 saturated heterocycles. The van der Waals surface area contributed by atoms with E-state index < -0.39 is 10.0 Å². The molecule has 0 bridgehead atoms. The van der Waals surface area contributed by atoms with E-state index in [0.29, 0.717) is 18.8 Å². The third-order valence-corrected chi connectivity index (χ3v) is 8.06. The molecule has 1 fully saturated rings. The molecule has 0 aromatic heterocycles. The van der Waals surface area contributed by atoms with Crippen molar-refractivity contribution in [3.8, 4) is 0 Å². The summed E-state index contributed by atoms with van der Waals surface area (Å²) in [5.74, 6) is -0.0500. The van der Waals surface area contributed by atoms with Gasteiger partial charge in [-0.25, -0.2) is 8.42 Å². The molecular weight excluding hydrogens is 434 g/mol. The van der Waals surface area contributed by atoms with Crippen LogP contribution in [-0.2, 0) is 21.4 Å². The monoisotopic (exact) mass is 463 g/mol. The molecule has 0 atom stereocenters. The fraction of sp³-hybridized carbons (Fsp3) is 0.435. The smallest absolute Gasteiger partial charge is 0.243 e. The number of likely N-dealkylation sites (tertiary alicyclic amines) is 1. The van der Waals surface area contributed by atoms with Crippen molar-refractivity contribution in [1.82, 2.24) is 9.21 Å². The highest BCUT2D eigenvalue weighted by atomic mass is 35.5. The number of nitrogens with one attached hydrogen (secondary N) is 1. The zero-order valence-electron chi connectivity index (χ0n) is 18.1. The van der Waals surface area contributed by atoms with Crippen molar-refractivity contribution in [2.45, 2.75) is 38.1 Å². The molecule has 6 nitrogen and oxygen atoms in total. The van der Waals surface area contributed by atoms with Crippen LogP contribution in [0.5, 0.6) is 0 Å². The van der Waals surface area contributed by atoms with Gasteiger partial charge in [-0.1, -0.05) is 37.6 Å². The molecule has 1 heterocycles. The van der Waals surface area contributed by atoms with Crippen molar-refractivity contribution in [3.05, 3.63) is 59.1 Å². The Morgan fingerprint density at radius 2 is 1.61 bits per heavy atom. The van der Waals surface area contributed by atoms with Gasteiger partial charge >= 0.3 is 0 Å². The molecule has 0 aliphatic carbocycles. The Hall–Kier alpha value is -1.93. The van der Waals surface area contributed by atoms with Crippen molar-refractivity contribution in [3.63, 3.8) is 0 Å². The lowest BCUT2D eigenvalue weighted by molar-refractivity contribution is -0.121. The molecule has 0 spiro atoms. The van der Waals surface area contributed by atoms with Crippen LogP contribution in [0.15, 0.2) is 53.4 Å². The average Bonchev–Trinajstić information content (AvgIpc) is 2.77. The van der Waals surface area contributed by atoms with E-state index in [-0.39, 0.29) is 16.7 Å². The second-order valence-corrected chi connectivity index (χ2v) is 10.2. The maximum absolute atomic E-state index is 12.7. The SMILES string of the molecule is CCN(CC)S(=O)(=O)c1ccc(NC(=O)C2CCN(Cc3ccc(Cl)cc3)CC2)cc1. The van der Waals surface area contributed by atoms with Crippen molar-refractivity contribution < 1.29 is 13.2 Å². The third kappa shape index (κ3) is 6.07. The zero-order chi connectivity index (χ0) is 22.4. The number of amides is 1. The molecule has 31 heavy (non-hydrogen) atoms. The molecule has 1 N–H and O–H groups in total. The predicted octanol–water partition coefficient (Wildman–Crippen LogP) is 4.22. The second kappa shape index (κ2) is 10.6. The lowest BCUT2D eigenvalue weighted by atomic mass is 9.95. The summed E-state index contributed by atoms with van der Waals surface area (Å²) in [5.41, 5.74) is 1.83. The number of carbonyl (C=O) groups excluding carboxylic acids is 1. The summed E-state index contributed by atoms with van der Waals surface area (Å²) in [5, 5.41) is 3.67. The molecule has 0 radical (unpaired) electrons. The molecule has 2 aromatic rings. The van der Waals surface area contributed by atoms with E-state index in [9.17, 15) is 13.2 Å². The average molecular weight is 464 g/mol. The molecule has 3 rings (SSSR count). The van der Waals surface area contributed by atoms with Crippen molar-refractivity contribution in [1.29, 1.82) is 0 Å². The zero-order valence-corrected chi connectivity index (χ0v) is 19.6. The van der Waals surface area contributed by atoms with Gasteiger partial charge in [0.2, 0.25) is 15.9 Å². The summed E-state index contributed by atoms with van der Waals surface area (Å²) in [6.45, 7) is 7.06. The Labute approximate surface area is 190 Å². The first-order chi connectivity index (χ1) is 14.8. The quantitative estimate of drug-likeness (QED) is 0.636. The number of benzene rings is 2. The maximum atomic E-state index is 12.7. The first-order valence-corrected chi connectivity index (χ1v) is 12.5. The van der Waals surface area contributed by atoms with Crippen molar-refractivity contribution in [2.75, 3.05) is 31.5 Å². The summed E-state index contributed by atoms with van der Waals surface area (Å²) >= 11 is 5.94. The number of hydrogen-bond donors (Lipinski definition) is 1. The van der Waals surface area contributed by atoms with E-state index in [4.69, 9.17) is 11.6 Å². The number of anilines is 1.